The second kappa shape index (κ2) is 5.60. The molecule has 1 aliphatic rings. The van der Waals surface area contributed by atoms with Crippen LogP contribution in [-0.2, 0) is 11.2 Å². The zero-order valence-corrected chi connectivity index (χ0v) is 13.5. The Hall–Kier alpha value is -1.69. The van der Waals surface area contributed by atoms with E-state index >= 15 is 0 Å². The van der Waals surface area contributed by atoms with Crippen LogP contribution in [0.15, 0.2) is 12.4 Å². The number of rotatable bonds is 3. The molecule has 21 heavy (non-hydrogen) atoms. The van der Waals surface area contributed by atoms with Gasteiger partial charge in [-0.3, -0.25) is 4.79 Å². The Morgan fingerprint density at radius 3 is 3.00 bits per heavy atom. The summed E-state index contributed by atoms with van der Waals surface area (Å²) in [6.07, 6.45) is 3.55. The molecule has 0 radical (unpaired) electrons. The summed E-state index contributed by atoms with van der Waals surface area (Å²) in [5.41, 5.74) is 0. The average Bonchev–Trinajstić information content (AvgIpc) is 3.12. The van der Waals surface area contributed by atoms with Gasteiger partial charge in [0.05, 0.1) is 11.3 Å². The summed E-state index contributed by atoms with van der Waals surface area (Å²) in [5.74, 6) is 1.27. The Kier molecular flexibility index (Phi) is 3.80. The van der Waals surface area contributed by atoms with E-state index in [1.54, 1.807) is 22.6 Å². The van der Waals surface area contributed by atoms with Gasteiger partial charge in [-0.05, 0) is 18.9 Å². The summed E-state index contributed by atoms with van der Waals surface area (Å²) in [6, 6.07) is 2.19. The number of hydrogen-bond donors (Lipinski definition) is 0. The minimum atomic E-state index is 0.0781. The maximum Gasteiger partial charge on any atom is 0.227 e. The molecule has 1 aliphatic heterocycles. The van der Waals surface area contributed by atoms with Gasteiger partial charge in [-0.2, -0.15) is 0 Å². The van der Waals surface area contributed by atoms with Crippen LogP contribution in [0.2, 0.25) is 0 Å². The molecule has 0 saturated carbocycles. The number of fused-ring (bicyclic) bond motifs is 1. The predicted molar refractivity (Wildman–Crippen MR) is 85.8 cm³/mol. The number of amides is 1. The third-order valence-corrected chi connectivity index (χ3v) is 5.17. The zero-order valence-electron chi connectivity index (χ0n) is 12.7. The molecule has 5 nitrogen and oxygen atoms in total. The second-order valence-electron chi connectivity index (χ2n) is 5.65. The SMILES string of the molecule is CCc1cc2c(N3CCC(C(=O)N(C)C)C3)ncnc2s1. The molecule has 2 aromatic heterocycles. The lowest BCUT2D eigenvalue weighted by molar-refractivity contribution is -0.132. The number of anilines is 1. The summed E-state index contributed by atoms with van der Waals surface area (Å²) in [4.78, 5) is 27.2. The van der Waals surface area contributed by atoms with Crippen molar-refractivity contribution in [3.05, 3.63) is 17.3 Å². The van der Waals surface area contributed by atoms with Crippen molar-refractivity contribution in [1.29, 1.82) is 0 Å². The first-order chi connectivity index (χ1) is 10.1. The normalized spacial score (nSPS) is 18.4. The highest BCUT2D eigenvalue weighted by Gasteiger charge is 2.31. The first kappa shape index (κ1) is 14.3. The van der Waals surface area contributed by atoms with Crippen LogP contribution in [0.3, 0.4) is 0 Å². The molecule has 3 heterocycles. The van der Waals surface area contributed by atoms with Gasteiger partial charge in [0.2, 0.25) is 5.91 Å². The van der Waals surface area contributed by atoms with E-state index in [1.165, 1.54) is 4.88 Å². The van der Waals surface area contributed by atoms with Crippen molar-refractivity contribution in [1.82, 2.24) is 14.9 Å². The van der Waals surface area contributed by atoms with Crippen molar-refractivity contribution in [2.75, 3.05) is 32.1 Å². The van der Waals surface area contributed by atoms with E-state index in [0.717, 1.165) is 42.0 Å². The van der Waals surface area contributed by atoms with E-state index in [4.69, 9.17) is 0 Å². The minimum absolute atomic E-state index is 0.0781. The molecular weight excluding hydrogens is 284 g/mol. The van der Waals surface area contributed by atoms with Gasteiger partial charge in [-0.15, -0.1) is 11.3 Å². The second-order valence-corrected chi connectivity index (χ2v) is 6.76. The van der Waals surface area contributed by atoms with Crippen LogP contribution >= 0.6 is 11.3 Å². The van der Waals surface area contributed by atoms with E-state index < -0.39 is 0 Å². The largest absolute Gasteiger partial charge is 0.355 e. The quantitative estimate of drug-likeness (QED) is 0.872. The van der Waals surface area contributed by atoms with Gasteiger partial charge in [0.25, 0.3) is 0 Å². The lowest BCUT2D eigenvalue weighted by Crippen LogP contribution is -2.32. The minimum Gasteiger partial charge on any atom is -0.355 e. The van der Waals surface area contributed by atoms with Crippen molar-refractivity contribution in [3.8, 4) is 0 Å². The number of hydrogen-bond acceptors (Lipinski definition) is 5. The molecule has 1 unspecified atom stereocenters. The van der Waals surface area contributed by atoms with Gasteiger partial charge in [0.1, 0.15) is 17.0 Å². The Balaban J connectivity index is 1.88. The number of carbonyl (C=O) groups is 1. The summed E-state index contributed by atoms with van der Waals surface area (Å²) in [6.45, 7) is 3.79. The molecule has 1 saturated heterocycles. The van der Waals surface area contributed by atoms with Crippen LogP contribution in [0.4, 0.5) is 5.82 Å². The Morgan fingerprint density at radius 2 is 2.29 bits per heavy atom. The molecule has 1 atom stereocenters. The van der Waals surface area contributed by atoms with Crippen LogP contribution in [-0.4, -0.2) is 48.0 Å². The van der Waals surface area contributed by atoms with Crippen molar-refractivity contribution < 1.29 is 4.79 Å². The Labute approximate surface area is 128 Å². The molecule has 3 rings (SSSR count). The zero-order chi connectivity index (χ0) is 15.0. The van der Waals surface area contributed by atoms with Gasteiger partial charge in [0, 0.05) is 32.1 Å². The molecule has 2 aromatic rings. The van der Waals surface area contributed by atoms with Crippen LogP contribution < -0.4 is 4.90 Å². The van der Waals surface area contributed by atoms with E-state index in [9.17, 15) is 4.79 Å². The van der Waals surface area contributed by atoms with Crippen LogP contribution in [0.1, 0.15) is 18.2 Å². The molecule has 6 heteroatoms. The number of aromatic nitrogens is 2. The van der Waals surface area contributed by atoms with Gasteiger partial charge in [-0.1, -0.05) is 6.92 Å². The fourth-order valence-electron chi connectivity index (χ4n) is 2.84. The van der Waals surface area contributed by atoms with E-state index in [0.29, 0.717) is 0 Å². The topological polar surface area (TPSA) is 49.3 Å². The fourth-order valence-corrected chi connectivity index (χ4v) is 3.77. The fraction of sp³-hybridized carbons (Fsp3) is 0.533. The maximum absolute atomic E-state index is 12.1. The van der Waals surface area contributed by atoms with Crippen LogP contribution in [0.5, 0.6) is 0 Å². The Bertz CT molecular complexity index is 667. The van der Waals surface area contributed by atoms with Crippen LogP contribution in [0.25, 0.3) is 10.2 Å². The molecule has 1 fully saturated rings. The molecule has 0 aromatic carbocycles. The number of thiophene rings is 1. The Morgan fingerprint density at radius 1 is 1.48 bits per heavy atom. The smallest absolute Gasteiger partial charge is 0.227 e. The summed E-state index contributed by atoms with van der Waals surface area (Å²) < 4.78 is 0. The summed E-state index contributed by atoms with van der Waals surface area (Å²) in [5, 5.41) is 1.12. The maximum atomic E-state index is 12.1. The van der Waals surface area contributed by atoms with Crippen molar-refractivity contribution >= 4 is 33.3 Å². The molecule has 0 spiro atoms. The van der Waals surface area contributed by atoms with Gasteiger partial charge in [0.15, 0.2) is 0 Å². The van der Waals surface area contributed by atoms with Gasteiger partial charge >= 0.3 is 0 Å². The first-order valence-electron chi connectivity index (χ1n) is 7.29. The third-order valence-electron chi connectivity index (χ3n) is 3.99. The summed E-state index contributed by atoms with van der Waals surface area (Å²) >= 11 is 1.73. The molecular formula is C15H20N4OS. The first-order valence-corrected chi connectivity index (χ1v) is 8.11. The van der Waals surface area contributed by atoms with Crippen molar-refractivity contribution in [2.45, 2.75) is 19.8 Å². The molecule has 0 bridgehead atoms. The highest BCUT2D eigenvalue weighted by molar-refractivity contribution is 7.18. The van der Waals surface area contributed by atoms with Crippen molar-refractivity contribution in [2.24, 2.45) is 5.92 Å². The van der Waals surface area contributed by atoms with Crippen molar-refractivity contribution in [3.63, 3.8) is 0 Å². The van der Waals surface area contributed by atoms with E-state index in [-0.39, 0.29) is 11.8 Å². The van der Waals surface area contributed by atoms with Crippen LogP contribution in [0, 0.1) is 5.92 Å². The highest BCUT2D eigenvalue weighted by atomic mass is 32.1. The van der Waals surface area contributed by atoms with E-state index in [2.05, 4.69) is 27.9 Å². The number of carbonyl (C=O) groups excluding carboxylic acids is 1. The van der Waals surface area contributed by atoms with Gasteiger partial charge < -0.3 is 9.80 Å². The highest BCUT2D eigenvalue weighted by Crippen LogP contribution is 2.33. The lowest BCUT2D eigenvalue weighted by Gasteiger charge is -2.19. The van der Waals surface area contributed by atoms with Gasteiger partial charge in [-0.25, -0.2) is 9.97 Å². The number of nitrogens with zero attached hydrogens (tertiary/aromatic N) is 4. The molecule has 0 aliphatic carbocycles. The molecule has 1 amide bonds. The lowest BCUT2D eigenvalue weighted by atomic mass is 10.1. The predicted octanol–water partition coefficient (Wildman–Crippen LogP) is 2.17. The standard InChI is InChI=1S/C15H20N4OS/c1-4-11-7-12-13(16-9-17-14(12)21-11)19-6-5-10(8-19)15(20)18(2)3/h7,9-10H,4-6,8H2,1-3H3. The third kappa shape index (κ3) is 2.60. The monoisotopic (exact) mass is 304 g/mol. The molecule has 0 N–H and O–H groups in total. The van der Waals surface area contributed by atoms with E-state index in [1.807, 2.05) is 14.1 Å². The summed E-state index contributed by atoms with van der Waals surface area (Å²) in [7, 11) is 3.64. The molecule has 112 valence electrons. The number of aryl methyl sites for hydroxylation is 1. The average molecular weight is 304 g/mol.